The maximum absolute atomic E-state index is 12.3. The van der Waals surface area contributed by atoms with Crippen LogP contribution >= 0.6 is 27.3 Å². The minimum absolute atomic E-state index is 0.147. The van der Waals surface area contributed by atoms with Crippen LogP contribution in [0.1, 0.15) is 15.4 Å². The van der Waals surface area contributed by atoms with E-state index in [4.69, 9.17) is 0 Å². The Bertz CT molecular complexity index is 778. The number of hydrogen-bond donors (Lipinski definition) is 1. The van der Waals surface area contributed by atoms with Crippen molar-refractivity contribution in [2.24, 2.45) is 7.05 Å². The zero-order valence-corrected chi connectivity index (χ0v) is 13.2. The van der Waals surface area contributed by atoms with Gasteiger partial charge in [-0.3, -0.25) is 9.48 Å². The van der Waals surface area contributed by atoms with E-state index in [9.17, 15) is 4.79 Å². The van der Waals surface area contributed by atoms with E-state index in [0.29, 0.717) is 12.2 Å². The number of aromatic nitrogens is 2. The van der Waals surface area contributed by atoms with Crippen molar-refractivity contribution in [3.8, 4) is 0 Å². The lowest BCUT2D eigenvalue weighted by atomic mass is 10.2. The van der Waals surface area contributed by atoms with Crippen LogP contribution in [0.3, 0.4) is 0 Å². The molecule has 0 unspecified atom stereocenters. The third kappa shape index (κ3) is 2.48. The first-order valence-corrected chi connectivity index (χ1v) is 7.70. The van der Waals surface area contributed by atoms with Gasteiger partial charge in [0.15, 0.2) is 5.69 Å². The number of aryl methyl sites for hydroxylation is 1. The molecule has 1 N–H and O–H groups in total. The van der Waals surface area contributed by atoms with E-state index in [1.807, 2.05) is 43.4 Å². The van der Waals surface area contributed by atoms with Gasteiger partial charge in [0.25, 0.3) is 5.91 Å². The molecular weight excluding hydrogens is 338 g/mol. The number of carbonyl (C=O) groups excluding carboxylic acids is 1. The Balaban J connectivity index is 1.82. The summed E-state index contributed by atoms with van der Waals surface area (Å²) in [5, 5.41) is 8.09. The van der Waals surface area contributed by atoms with Gasteiger partial charge in [-0.1, -0.05) is 18.2 Å². The fourth-order valence-electron chi connectivity index (χ4n) is 2.08. The van der Waals surface area contributed by atoms with Gasteiger partial charge < -0.3 is 5.32 Å². The Morgan fingerprint density at radius 1 is 1.35 bits per heavy atom. The zero-order valence-electron chi connectivity index (χ0n) is 10.8. The SMILES string of the molecule is Cn1nc(C(=O)NCc2ccc(Br)s2)c2ccccc21. The highest BCUT2D eigenvalue weighted by atomic mass is 79.9. The number of benzene rings is 1. The first kappa shape index (κ1) is 13.3. The van der Waals surface area contributed by atoms with Crippen LogP contribution in [0.15, 0.2) is 40.2 Å². The summed E-state index contributed by atoms with van der Waals surface area (Å²) in [5.41, 5.74) is 1.43. The van der Waals surface area contributed by atoms with Crippen molar-refractivity contribution < 1.29 is 4.79 Å². The lowest BCUT2D eigenvalue weighted by Gasteiger charge is -2.01. The van der Waals surface area contributed by atoms with Gasteiger partial charge in [-0.25, -0.2) is 0 Å². The molecular formula is C14H12BrN3OS. The van der Waals surface area contributed by atoms with E-state index in [1.165, 1.54) is 0 Å². The minimum Gasteiger partial charge on any atom is -0.346 e. The fourth-order valence-corrected chi connectivity index (χ4v) is 3.50. The Morgan fingerprint density at radius 2 is 2.15 bits per heavy atom. The molecule has 0 fully saturated rings. The fraction of sp³-hybridized carbons (Fsp3) is 0.143. The first-order chi connectivity index (χ1) is 9.65. The summed E-state index contributed by atoms with van der Waals surface area (Å²) in [6.07, 6.45) is 0. The second kappa shape index (κ2) is 5.38. The van der Waals surface area contributed by atoms with Crippen LogP contribution in [0.25, 0.3) is 10.9 Å². The molecule has 3 rings (SSSR count). The summed E-state index contributed by atoms with van der Waals surface area (Å²) in [4.78, 5) is 13.4. The van der Waals surface area contributed by atoms with Gasteiger partial charge in [0, 0.05) is 17.3 Å². The number of para-hydroxylation sites is 1. The molecule has 0 aliphatic carbocycles. The molecule has 20 heavy (non-hydrogen) atoms. The maximum atomic E-state index is 12.3. The first-order valence-electron chi connectivity index (χ1n) is 6.09. The van der Waals surface area contributed by atoms with Gasteiger partial charge in [-0.15, -0.1) is 11.3 Å². The number of amides is 1. The number of nitrogens with zero attached hydrogens (tertiary/aromatic N) is 2. The number of hydrogen-bond acceptors (Lipinski definition) is 3. The lowest BCUT2D eigenvalue weighted by Crippen LogP contribution is -2.23. The van der Waals surface area contributed by atoms with Gasteiger partial charge >= 0.3 is 0 Å². The van der Waals surface area contributed by atoms with Crippen molar-refractivity contribution in [1.82, 2.24) is 15.1 Å². The molecule has 0 radical (unpaired) electrons. The van der Waals surface area contributed by atoms with E-state index >= 15 is 0 Å². The minimum atomic E-state index is -0.147. The molecule has 0 saturated carbocycles. The average molecular weight is 350 g/mol. The molecule has 3 aromatic rings. The molecule has 2 heterocycles. The highest BCUT2D eigenvalue weighted by molar-refractivity contribution is 9.11. The van der Waals surface area contributed by atoms with Gasteiger partial charge in [0.05, 0.1) is 15.8 Å². The third-order valence-corrected chi connectivity index (χ3v) is 4.65. The highest BCUT2D eigenvalue weighted by Crippen LogP contribution is 2.22. The van der Waals surface area contributed by atoms with E-state index in [1.54, 1.807) is 16.0 Å². The van der Waals surface area contributed by atoms with Gasteiger partial charge in [0.1, 0.15) is 0 Å². The third-order valence-electron chi connectivity index (χ3n) is 3.02. The van der Waals surface area contributed by atoms with Crippen LogP contribution in [-0.4, -0.2) is 15.7 Å². The van der Waals surface area contributed by atoms with E-state index in [2.05, 4.69) is 26.3 Å². The molecule has 102 valence electrons. The lowest BCUT2D eigenvalue weighted by molar-refractivity contribution is 0.0947. The largest absolute Gasteiger partial charge is 0.346 e. The summed E-state index contributed by atoms with van der Waals surface area (Å²) in [6.45, 7) is 0.514. The Kier molecular flexibility index (Phi) is 3.58. The quantitative estimate of drug-likeness (QED) is 0.788. The van der Waals surface area contributed by atoms with Crippen LogP contribution < -0.4 is 5.32 Å². The van der Waals surface area contributed by atoms with Crippen LogP contribution in [-0.2, 0) is 13.6 Å². The highest BCUT2D eigenvalue weighted by Gasteiger charge is 2.15. The number of halogens is 1. The molecule has 0 aliphatic heterocycles. The van der Waals surface area contributed by atoms with E-state index in [-0.39, 0.29) is 5.91 Å². The van der Waals surface area contributed by atoms with Crippen LogP contribution in [0, 0.1) is 0 Å². The topological polar surface area (TPSA) is 46.9 Å². The predicted molar refractivity (Wildman–Crippen MR) is 83.9 cm³/mol. The molecule has 0 aliphatic rings. The molecule has 6 heteroatoms. The molecule has 0 saturated heterocycles. The number of nitrogens with one attached hydrogen (secondary N) is 1. The van der Waals surface area contributed by atoms with Crippen molar-refractivity contribution in [3.05, 3.63) is 50.8 Å². The number of fused-ring (bicyclic) bond motifs is 1. The van der Waals surface area contributed by atoms with Crippen LogP contribution in [0.2, 0.25) is 0 Å². The molecule has 0 spiro atoms. The smallest absolute Gasteiger partial charge is 0.272 e. The van der Waals surface area contributed by atoms with E-state index in [0.717, 1.165) is 19.6 Å². The Morgan fingerprint density at radius 3 is 2.90 bits per heavy atom. The Labute approximate surface area is 128 Å². The van der Waals surface area contributed by atoms with Crippen molar-refractivity contribution in [1.29, 1.82) is 0 Å². The van der Waals surface area contributed by atoms with Gasteiger partial charge in [-0.2, -0.15) is 5.10 Å². The summed E-state index contributed by atoms with van der Waals surface area (Å²) in [7, 11) is 1.84. The normalized spacial score (nSPS) is 10.9. The number of thiophene rings is 1. The van der Waals surface area contributed by atoms with Crippen molar-refractivity contribution >= 4 is 44.1 Å². The number of carbonyl (C=O) groups is 1. The summed E-state index contributed by atoms with van der Waals surface area (Å²) in [6, 6.07) is 11.7. The number of rotatable bonds is 3. The molecule has 1 aromatic carbocycles. The molecule has 2 aromatic heterocycles. The maximum Gasteiger partial charge on any atom is 0.272 e. The molecule has 4 nitrogen and oxygen atoms in total. The van der Waals surface area contributed by atoms with Crippen molar-refractivity contribution in [2.75, 3.05) is 0 Å². The molecule has 1 amide bonds. The molecule has 0 atom stereocenters. The van der Waals surface area contributed by atoms with Gasteiger partial charge in [0.2, 0.25) is 0 Å². The zero-order chi connectivity index (χ0) is 14.1. The van der Waals surface area contributed by atoms with Gasteiger partial charge in [-0.05, 0) is 34.1 Å². The average Bonchev–Trinajstić information content (AvgIpc) is 3.01. The summed E-state index contributed by atoms with van der Waals surface area (Å²) >= 11 is 5.02. The van der Waals surface area contributed by atoms with Crippen molar-refractivity contribution in [2.45, 2.75) is 6.54 Å². The molecule has 0 bridgehead atoms. The van der Waals surface area contributed by atoms with Crippen molar-refractivity contribution in [3.63, 3.8) is 0 Å². The van der Waals surface area contributed by atoms with Crippen LogP contribution in [0.4, 0.5) is 0 Å². The Hall–Kier alpha value is -1.66. The second-order valence-corrected chi connectivity index (χ2v) is 6.93. The summed E-state index contributed by atoms with van der Waals surface area (Å²) in [5.74, 6) is -0.147. The monoisotopic (exact) mass is 349 g/mol. The van der Waals surface area contributed by atoms with E-state index < -0.39 is 0 Å². The summed E-state index contributed by atoms with van der Waals surface area (Å²) < 4.78 is 2.79. The predicted octanol–water partition coefficient (Wildman–Crippen LogP) is 3.33. The van der Waals surface area contributed by atoms with Crippen LogP contribution in [0.5, 0.6) is 0 Å². The standard InChI is InChI=1S/C14H12BrN3OS/c1-18-11-5-3-2-4-10(11)13(17-18)14(19)16-8-9-6-7-12(15)20-9/h2-7H,8H2,1H3,(H,16,19). The second-order valence-electron chi connectivity index (χ2n) is 4.38.